The molecule has 2 aromatic carbocycles. The first kappa shape index (κ1) is 21.6. The van der Waals surface area contributed by atoms with Gasteiger partial charge in [0.05, 0.1) is 24.2 Å². The third-order valence-electron chi connectivity index (χ3n) is 6.13. The zero-order chi connectivity index (χ0) is 21.4. The normalized spacial score (nSPS) is 17.4. The molecule has 0 fully saturated rings. The number of fused-ring (bicyclic) bond motifs is 1. The Morgan fingerprint density at radius 1 is 0.897 bits per heavy atom. The van der Waals surface area contributed by atoms with Crippen molar-refractivity contribution in [2.75, 3.05) is 7.11 Å². The molecule has 2 aromatic rings. The van der Waals surface area contributed by atoms with E-state index in [0.29, 0.717) is 0 Å². The maximum absolute atomic E-state index is 13.0. The van der Waals surface area contributed by atoms with Gasteiger partial charge in [0.25, 0.3) is 0 Å². The van der Waals surface area contributed by atoms with Gasteiger partial charge in [-0.15, -0.1) is 0 Å². The van der Waals surface area contributed by atoms with Gasteiger partial charge in [-0.05, 0) is 58.1 Å². The van der Waals surface area contributed by atoms with E-state index in [4.69, 9.17) is 0 Å². The van der Waals surface area contributed by atoms with E-state index in [1.807, 2.05) is 6.07 Å². The van der Waals surface area contributed by atoms with Crippen molar-refractivity contribution in [3.63, 3.8) is 0 Å². The van der Waals surface area contributed by atoms with Crippen molar-refractivity contribution in [1.29, 1.82) is 0 Å². The third kappa shape index (κ3) is 4.55. The van der Waals surface area contributed by atoms with Crippen LogP contribution < -0.4 is 0 Å². The predicted molar refractivity (Wildman–Crippen MR) is 115 cm³/mol. The molecule has 5 heteroatoms. The van der Waals surface area contributed by atoms with Crippen molar-refractivity contribution in [2.24, 2.45) is 0 Å². The SMILES string of the molecule is COC(=O)Cc1ccc(S(=O)(=O)Cc2ccc3c(c2)C(C)(C)CCC3(C)C)cc1. The highest BCUT2D eigenvalue weighted by Gasteiger charge is 2.37. The fourth-order valence-electron chi connectivity index (χ4n) is 4.08. The first-order chi connectivity index (χ1) is 13.4. The molecular weight excluding hydrogens is 384 g/mol. The zero-order valence-electron chi connectivity index (χ0n) is 17.9. The minimum absolute atomic E-state index is 0.0346. The van der Waals surface area contributed by atoms with Gasteiger partial charge in [-0.3, -0.25) is 4.79 Å². The van der Waals surface area contributed by atoms with E-state index >= 15 is 0 Å². The molecule has 29 heavy (non-hydrogen) atoms. The first-order valence-electron chi connectivity index (χ1n) is 9.97. The number of hydrogen-bond acceptors (Lipinski definition) is 4. The Morgan fingerprint density at radius 2 is 1.45 bits per heavy atom. The summed E-state index contributed by atoms with van der Waals surface area (Å²) in [5, 5.41) is 0. The van der Waals surface area contributed by atoms with Crippen LogP contribution in [0.4, 0.5) is 0 Å². The van der Waals surface area contributed by atoms with Gasteiger partial charge in [0.2, 0.25) is 0 Å². The Hall–Kier alpha value is -2.14. The summed E-state index contributed by atoms with van der Waals surface area (Å²) in [4.78, 5) is 11.6. The Kier molecular flexibility index (Phi) is 5.65. The smallest absolute Gasteiger partial charge is 0.309 e. The van der Waals surface area contributed by atoms with Crippen LogP contribution in [0.15, 0.2) is 47.4 Å². The van der Waals surface area contributed by atoms with Crippen LogP contribution in [0.1, 0.15) is 62.8 Å². The first-order valence-corrected chi connectivity index (χ1v) is 11.6. The van der Waals surface area contributed by atoms with Crippen LogP contribution in [0.2, 0.25) is 0 Å². The van der Waals surface area contributed by atoms with Crippen LogP contribution in [0, 0.1) is 0 Å². The second kappa shape index (κ2) is 7.60. The number of carbonyl (C=O) groups excluding carboxylic acids is 1. The van der Waals surface area contributed by atoms with E-state index in [9.17, 15) is 13.2 Å². The highest BCUT2D eigenvalue weighted by atomic mass is 32.2. The number of carbonyl (C=O) groups is 1. The van der Waals surface area contributed by atoms with Gasteiger partial charge >= 0.3 is 5.97 Å². The van der Waals surface area contributed by atoms with Crippen molar-refractivity contribution in [1.82, 2.24) is 0 Å². The molecule has 156 valence electrons. The minimum atomic E-state index is -3.47. The molecule has 0 heterocycles. The monoisotopic (exact) mass is 414 g/mol. The Balaban J connectivity index is 1.87. The standard InChI is InChI=1S/C24H30O4S/c1-23(2)12-13-24(3,4)21-14-18(8-11-20(21)23)16-29(26,27)19-9-6-17(7-10-19)15-22(25)28-5/h6-11,14H,12-13,15-16H2,1-5H3. The average molecular weight is 415 g/mol. The third-order valence-corrected chi connectivity index (χ3v) is 7.84. The molecule has 0 amide bonds. The summed E-state index contributed by atoms with van der Waals surface area (Å²) in [6.07, 6.45) is 2.35. The summed E-state index contributed by atoms with van der Waals surface area (Å²) >= 11 is 0. The van der Waals surface area contributed by atoms with Gasteiger partial charge in [0.1, 0.15) is 0 Å². The molecule has 4 nitrogen and oxygen atoms in total. The lowest BCUT2D eigenvalue weighted by atomic mass is 9.63. The van der Waals surface area contributed by atoms with E-state index in [1.165, 1.54) is 18.2 Å². The minimum Gasteiger partial charge on any atom is -0.469 e. The lowest BCUT2D eigenvalue weighted by Gasteiger charge is -2.42. The summed E-state index contributed by atoms with van der Waals surface area (Å²) in [5.74, 6) is -0.382. The predicted octanol–water partition coefficient (Wildman–Crippen LogP) is 4.73. The zero-order valence-corrected chi connectivity index (χ0v) is 18.7. The van der Waals surface area contributed by atoms with Crippen LogP contribution in [-0.2, 0) is 42.4 Å². The second-order valence-corrected chi connectivity index (χ2v) is 11.3. The number of ether oxygens (including phenoxy) is 1. The molecule has 0 radical (unpaired) electrons. The van der Waals surface area contributed by atoms with E-state index < -0.39 is 9.84 Å². The Labute approximate surface area is 174 Å². The van der Waals surface area contributed by atoms with Crippen molar-refractivity contribution in [3.05, 3.63) is 64.7 Å². The van der Waals surface area contributed by atoms with Gasteiger partial charge < -0.3 is 4.74 Å². The maximum atomic E-state index is 13.0. The molecule has 0 aromatic heterocycles. The van der Waals surface area contributed by atoms with Gasteiger partial charge in [-0.1, -0.05) is 58.0 Å². The van der Waals surface area contributed by atoms with Crippen LogP contribution >= 0.6 is 0 Å². The van der Waals surface area contributed by atoms with E-state index in [2.05, 4.69) is 44.6 Å². The van der Waals surface area contributed by atoms with E-state index in [-0.39, 0.29) is 33.9 Å². The number of rotatable bonds is 5. The number of esters is 1. The van der Waals surface area contributed by atoms with Crippen LogP contribution in [-0.4, -0.2) is 21.5 Å². The van der Waals surface area contributed by atoms with Crippen molar-refractivity contribution in [3.8, 4) is 0 Å². The summed E-state index contributed by atoms with van der Waals surface area (Å²) in [6, 6.07) is 12.6. The van der Waals surface area contributed by atoms with Crippen LogP contribution in [0.25, 0.3) is 0 Å². The number of hydrogen-bond donors (Lipinski definition) is 0. The summed E-state index contributed by atoms with van der Waals surface area (Å²) < 4.78 is 30.6. The second-order valence-electron chi connectivity index (χ2n) is 9.30. The summed E-state index contributed by atoms with van der Waals surface area (Å²) in [7, 11) is -2.14. The fraction of sp³-hybridized carbons (Fsp3) is 0.458. The van der Waals surface area contributed by atoms with E-state index in [0.717, 1.165) is 24.0 Å². The molecule has 0 unspecified atom stereocenters. The largest absolute Gasteiger partial charge is 0.469 e. The highest BCUT2D eigenvalue weighted by molar-refractivity contribution is 7.90. The van der Waals surface area contributed by atoms with Crippen molar-refractivity contribution in [2.45, 2.75) is 68.4 Å². The van der Waals surface area contributed by atoms with E-state index in [1.54, 1.807) is 24.3 Å². The summed E-state index contributed by atoms with van der Waals surface area (Å²) in [6.45, 7) is 8.99. The fourth-order valence-corrected chi connectivity index (χ4v) is 5.42. The number of sulfone groups is 1. The molecule has 1 aliphatic carbocycles. The Bertz CT molecular complexity index is 1020. The quantitative estimate of drug-likeness (QED) is 0.664. The number of benzene rings is 2. The molecule has 0 N–H and O–H groups in total. The maximum Gasteiger partial charge on any atom is 0.309 e. The van der Waals surface area contributed by atoms with Crippen molar-refractivity contribution < 1.29 is 17.9 Å². The van der Waals surface area contributed by atoms with Gasteiger partial charge in [0, 0.05) is 0 Å². The lowest BCUT2D eigenvalue weighted by molar-refractivity contribution is -0.139. The highest BCUT2D eigenvalue weighted by Crippen LogP contribution is 2.46. The molecule has 0 saturated carbocycles. The van der Waals surface area contributed by atoms with Gasteiger partial charge in [0.15, 0.2) is 9.84 Å². The molecule has 0 saturated heterocycles. The molecule has 3 rings (SSSR count). The Morgan fingerprint density at radius 3 is 2.03 bits per heavy atom. The van der Waals surface area contributed by atoms with Gasteiger partial charge in [-0.25, -0.2) is 8.42 Å². The molecule has 0 aliphatic heterocycles. The van der Waals surface area contributed by atoms with Crippen molar-refractivity contribution >= 4 is 15.8 Å². The molecule has 1 aliphatic rings. The average Bonchev–Trinajstić information content (AvgIpc) is 2.65. The molecule has 0 bridgehead atoms. The molecular formula is C24H30O4S. The topological polar surface area (TPSA) is 60.4 Å². The van der Waals surface area contributed by atoms with Crippen LogP contribution in [0.3, 0.4) is 0 Å². The summed E-state index contributed by atoms with van der Waals surface area (Å²) in [5.41, 5.74) is 4.27. The molecule has 0 atom stereocenters. The lowest BCUT2D eigenvalue weighted by Crippen LogP contribution is -2.33. The van der Waals surface area contributed by atoms with Gasteiger partial charge in [-0.2, -0.15) is 0 Å². The van der Waals surface area contributed by atoms with Crippen LogP contribution in [0.5, 0.6) is 0 Å². The molecule has 0 spiro atoms. The number of methoxy groups -OCH3 is 1.